The van der Waals surface area contributed by atoms with E-state index in [2.05, 4.69) is 180 Å². The zero-order valence-electron chi connectivity index (χ0n) is 31.9. The summed E-state index contributed by atoms with van der Waals surface area (Å²) in [7, 11) is 0. The highest BCUT2D eigenvalue weighted by molar-refractivity contribution is 6.18. The maximum atomic E-state index is 6.23. The zero-order valence-corrected chi connectivity index (χ0v) is 34.9. The summed E-state index contributed by atoms with van der Waals surface area (Å²) in [6, 6.07) is 71.2. The summed E-state index contributed by atoms with van der Waals surface area (Å²) < 4.78 is 0. The number of para-hydroxylation sites is 4. The molecule has 0 atom stereocenters. The predicted octanol–water partition coefficient (Wildman–Crippen LogP) is 16.6. The van der Waals surface area contributed by atoms with Gasteiger partial charge in [-0.15, -0.1) is 46.4 Å². The van der Waals surface area contributed by atoms with Crippen LogP contribution in [0.3, 0.4) is 0 Å². The van der Waals surface area contributed by atoms with Crippen molar-refractivity contribution in [3.05, 3.63) is 229 Å². The second-order valence-corrected chi connectivity index (χ2v) is 14.7. The molecule has 2 nitrogen and oxygen atoms in total. The standard InChI is InChI=1S/2C26H21Cl2N/c27-18-20-14-15-22(19-28)26(16-20)21-8-7-13-25(17-21)29(23-9-3-1-4-10-23)24-11-5-2-6-12-24;27-18-20-11-12-22(19-28)26(17-20)21-13-15-25(16-14-21)29(23-7-3-1-4-8-23)24-9-5-2-6-10-24/h2*1-17H,18-19H2. The molecule has 0 bridgehead atoms. The molecule has 0 radical (unpaired) electrons. The van der Waals surface area contributed by atoms with Crippen LogP contribution in [0.5, 0.6) is 0 Å². The molecule has 8 aromatic rings. The molecule has 0 saturated heterocycles. The Morgan fingerprint density at radius 1 is 0.276 bits per heavy atom. The third-order valence-electron chi connectivity index (χ3n) is 9.85. The van der Waals surface area contributed by atoms with Crippen LogP contribution < -0.4 is 9.80 Å². The van der Waals surface area contributed by atoms with Gasteiger partial charge in [-0.25, -0.2) is 0 Å². The molecule has 0 aliphatic rings. The maximum Gasteiger partial charge on any atom is 0.0480 e. The minimum absolute atomic E-state index is 0.462. The minimum Gasteiger partial charge on any atom is -0.311 e. The van der Waals surface area contributed by atoms with Gasteiger partial charge in [-0.05, 0) is 129 Å². The van der Waals surface area contributed by atoms with Gasteiger partial charge in [0, 0.05) is 57.6 Å². The lowest BCUT2D eigenvalue weighted by Crippen LogP contribution is -2.09. The highest BCUT2D eigenvalue weighted by Crippen LogP contribution is 2.38. The first kappa shape index (κ1) is 40.7. The van der Waals surface area contributed by atoms with Crippen LogP contribution in [0.2, 0.25) is 0 Å². The van der Waals surface area contributed by atoms with E-state index in [4.69, 9.17) is 46.4 Å². The van der Waals surface area contributed by atoms with Crippen molar-refractivity contribution in [2.75, 3.05) is 9.80 Å². The Bertz CT molecular complexity index is 2420. The lowest BCUT2D eigenvalue weighted by atomic mass is 9.97. The van der Waals surface area contributed by atoms with Gasteiger partial charge in [-0.3, -0.25) is 0 Å². The first-order valence-electron chi connectivity index (χ1n) is 19.1. The third kappa shape index (κ3) is 9.79. The monoisotopic (exact) mass is 834 g/mol. The van der Waals surface area contributed by atoms with E-state index >= 15 is 0 Å². The predicted molar refractivity (Wildman–Crippen MR) is 251 cm³/mol. The minimum atomic E-state index is 0.462. The van der Waals surface area contributed by atoms with Crippen molar-refractivity contribution < 1.29 is 0 Å². The van der Waals surface area contributed by atoms with Crippen molar-refractivity contribution in [2.24, 2.45) is 0 Å². The number of hydrogen-bond acceptors (Lipinski definition) is 2. The number of nitrogens with zero attached hydrogens (tertiary/aromatic N) is 2. The second kappa shape index (κ2) is 20.3. The van der Waals surface area contributed by atoms with Crippen LogP contribution in [0, 0.1) is 0 Å². The summed E-state index contributed by atoms with van der Waals surface area (Å²) in [4.78, 5) is 4.51. The highest BCUT2D eigenvalue weighted by atomic mass is 35.5. The molecule has 0 aliphatic carbocycles. The molecule has 0 spiro atoms. The van der Waals surface area contributed by atoms with E-state index < -0.39 is 0 Å². The molecule has 0 heterocycles. The first-order chi connectivity index (χ1) is 28.6. The Balaban J connectivity index is 0.000000177. The van der Waals surface area contributed by atoms with Crippen molar-refractivity contribution in [1.82, 2.24) is 0 Å². The molecule has 0 unspecified atom stereocenters. The van der Waals surface area contributed by atoms with Crippen LogP contribution in [0.15, 0.2) is 206 Å². The Labute approximate surface area is 362 Å². The number of rotatable bonds is 12. The lowest BCUT2D eigenvalue weighted by Gasteiger charge is -2.26. The fourth-order valence-electron chi connectivity index (χ4n) is 6.99. The summed E-state index contributed by atoms with van der Waals surface area (Å²) in [5, 5.41) is 0. The van der Waals surface area contributed by atoms with E-state index in [0.29, 0.717) is 23.5 Å². The van der Waals surface area contributed by atoms with Crippen LogP contribution in [0.1, 0.15) is 22.3 Å². The SMILES string of the molecule is ClCc1ccc(CCl)c(-c2ccc(N(c3ccccc3)c3ccccc3)cc2)c1.ClCc1ccc(CCl)c(-c2cccc(N(c3ccccc3)c3ccccc3)c2)c1. The van der Waals surface area contributed by atoms with Gasteiger partial charge in [0.15, 0.2) is 0 Å². The number of anilines is 6. The van der Waals surface area contributed by atoms with E-state index in [-0.39, 0.29) is 0 Å². The van der Waals surface area contributed by atoms with E-state index in [1.54, 1.807) is 0 Å². The van der Waals surface area contributed by atoms with Crippen molar-refractivity contribution in [2.45, 2.75) is 23.5 Å². The Hall–Kier alpha value is -5.48. The fraction of sp³-hybridized carbons (Fsp3) is 0.0769. The van der Waals surface area contributed by atoms with Crippen LogP contribution in [0.25, 0.3) is 22.3 Å². The molecule has 0 aromatic heterocycles. The molecule has 0 saturated carbocycles. The topological polar surface area (TPSA) is 6.48 Å². The van der Waals surface area contributed by atoms with Crippen LogP contribution in [-0.4, -0.2) is 0 Å². The smallest absolute Gasteiger partial charge is 0.0480 e. The highest BCUT2D eigenvalue weighted by Gasteiger charge is 2.15. The number of benzene rings is 8. The van der Waals surface area contributed by atoms with Gasteiger partial charge < -0.3 is 9.80 Å². The molecule has 0 aliphatic heterocycles. The third-order valence-corrected chi connectivity index (χ3v) is 11.0. The summed E-state index contributed by atoms with van der Waals surface area (Å²) in [6.07, 6.45) is 0. The number of halogens is 4. The molecular formula is C52H42Cl4N2. The van der Waals surface area contributed by atoms with Crippen molar-refractivity contribution in [1.29, 1.82) is 0 Å². The number of alkyl halides is 4. The van der Waals surface area contributed by atoms with Gasteiger partial charge in [-0.1, -0.05) is 121 Å². The van der Waals surface area contributed by atoms with Gasteiger partial charge >= 0.3 is 0 Å². The molecule has 0 fully saturated rings. The molecule has 8 rings (SSSR count). The van der Waals surface area contributed by atoms with Gasteiger partial charge in [0.05, 0.1) is 0 Å². The fourth-order valence-corrected chi connectivity index (χ4v) is 7.79. The van der Waals surface area contributed by atoms with Crippen molar-refractivity contribution in [3.8, 4) is 22.3 Å². The Morgan fingerprint density at radius 2 is 0.638 bits per heavy atom. The van der Waals surface area contributed by atoms with Crippen molar-refractivity contribution >= 4 is 80.5 Å². The van der Waals surface area contributed by atoms with Crippen LogP contribution in [-0.2, 0) is 23.5 Å². The largest absolute Gasteiger partial charge is 0.311 e. The average molecular weight is 837 g/mol. The zero-order chi connectivity index (χ0) is 40.1. The first-order valence-corrected chi connectivity index (χ1v) is 21.2. The van der Waals surface area contributed by atoms with Gasteiger partial charge in [-0.2, -0.15) is 0 Å². The van der Waals surface area contributed by atoms with E-state index in [0.717, 1.165) is 78.6 Å². The molecular weight excluding hydrogens is 794 g/mol. The Kier molecular flexibility index (Phi) is 14.2. The summed E-state index contributed by atoms with van der Waals surface area (Å²) in [5.41, 5.74) is 15.6. The maximum absolute atomic E-state index is 6.23. The Morgan fingerprint density at radius 3 is 1.03 bits per heavy atom. The van der Waals surface area contributed by atoms with Gasteiger partial charge in [0.1, 0.15) is 0 Å². The normalized spacial score (nSPS) is 10.7. The summed E-state index contributed by atoms with van der Waals surface area (Å²) in [6.45, 7) is 0. The van der Waals surface area contributed by atoms with E-state index in [9.17, 15) is 0 Å². The molecule has 0 amide bonds. The second-order valence-electron chi connectivity index (χ2n) is 13.6. The average Bonchev–Trinajstić information content (AvgIpc) is 3.31. The molecule has 58 heavy (non-hydrogen) atoms. The quantitative estimate of drug-likeness (QED) is 0.113. The van der Waals surface area contributed by atoms with E-state index in [1.165, 1.54) is 0 Å². The van der Waals surface area contributed by atoms with Crippen molar-refractivity contribution in [3.63, 3.8) is 0 Å². The van der Waals surface area contributed by atoms with Gasteiger partial charge in [0.25, 0.3) is 0 Å². The molecule has 8 aromatic carbocycles. The molecule has 6 heteroatoms. The van der Waals surface area contributed by atoms with E-state index in [1.807, 2.05) is 36.4 Å². The lowest BCUT2D eigenvalue weighted by molar-refractivity contribution is 1.28. The van der Waals surface area contributed by atoms with Gasteiger partial charge in [0.2, 0.25) is 0 Å². The van der Waals surface area contributed by atoms with Crippen LogP contribution >= 0.6 is 46.4 Å². The summed E-state index contributed by atoms with van der Waals surface area (Å²) >= 11 is 24.5. The van der Waals surface area contributed by atoms with Crippen LogP contribution in [0.4, 0.5) is 34.1 Å². The molecule has 288 valence electrons. The number of hydrogen-bond donors (Lipinski definition) is 0. The summed E-state index contributed by atoms with van der Waals surface area (Å²) in [5.74, 6) is 1.90. The molecule has 0 N–H and O–H groups in total.